The molecule has 2 aromatic carbocycles. The van der Waals surface area contributed by atoms with Gasteiger partial charge in [-0.15, -0.1) is 0 Å². The number of aryl methyl sites for hydroxylation is 1. The van der Waals surface area contributed by atoms with Gasteiger partial charge in [-0.2, -0.15) is 10.2 Å². The summed E-state index contributed by atoms with van der Waals surface area (Å²) in [6, 6.07) is 11.1. The van der Waals surface area contributed by atoms with Crippen LogP contribution in [-0.2, 0) is 0 Å². The van der Waals surface area contributed by atoms with Crippen molar-refractivity contribution in [3.8, 4) is 28.5 Å². The molecule has 8 nitrogen and oxygen atoms in total. The molecular formula is C21H22N4O4. The Balaban J connectivity index is 1.79. The number of hydrogen-bond acceptors (Lipinski definition) is 6. The summed E-state index contributed by atoms with van der Waals surface area (Å²) in [4.78, 5) is 12.6. The van der Waals surface area contributed by atoms with E-state index < -0.39 is 5.91 Å². The smallest absolute Gasteiger partial charge is 0.275 e. The number of nitrogens with one attached hydrogen (secondary N) is 2. The zero-order valence-electron chi connectivity index (χ0n) is 16.6. The van der Waals surface area contributed by atoms with E-state index in [-0.39, 0.29) is 5.56 Å². The highest BCUT2D eigenvalue weighted by Gasteiger charge is 2.17. The van der Waals surface area contributed by atoms with Crippen LogP contribution >= 0.6 is 0 Å². The van der Waals surface area contributed by atoms with E-state index in [0.29, 0.717) is 17.2 Å². The molecule has 0 aliphatic rings. The van der Waals surface area contributed by atoms with Gasteiger partial charge in [0.2, 0.25) is 0 Å². The summed E-state index contributed by atoms with van der Waals surface area (Å²) in [5.74, 6) is 0.780. The van der Waals surface area contributed by atoms with Gasteiger partial charge in [0.15, 0.2) is 11.5 Å². The maximum Gasteiger partial charge on any atom is 0.275 e. The predicted octanol–water partition coefficient (Wildman–Crippen LogP) is 3.17. The molecule has 1 amide bonds. The minimum absolute atomic E-state index is 0.272. The first kappa shape index (κ1) is 19.9. The Hall–Kier alpha value is -3.81. The lowest BCUT2D eigenvalue weighted by atomic mass is 10.1. The second-order valence-corrected chi connectivity index (χ2v) is 6.17. The summed E-state index contributed by atoms with van der Waals surface area (Å²) >= 11 is 0. The standard InChI is InChI=1S/C21H22N4O4/c1-13-5-7-14(8-6-13)20-15(11-22-24-20)12-23-25-21(26)16-9-18(28-3)19(29-4)10-17(16)27-2/h5-12H,1-4H3,(H,22,24)(H,25,26)/b23-12-. The molecule has 1 heterocycles. The van der Waals surface area contributed by atoms with Crippen molar-refractivity contribution in [2.75, 3.05) is 21.3 Å². The van der Waals surface area contributed by atoms with Crippen LogP contribution < -0.4 is 19.6 Å². The molecule has 1 aromatic heterocycles. The average molecular weight is 394 g/mol. The predicted molar refractivity (Wildman–Crippen MR) is 110 cm³/mol. The first-order valence-electron chi connectivity index (χ1n) is 8.81. The summed E-state index contributed by atoms with van der Waals surface area (Å²) in [5, 5.41) is 11.1. The fourth-order valence-corrected chi connectivity index (χ4v) is 2.77. The van der Waals surface area contributed by atoms with Gasteiger partial charge in [0.1, 0.15) is 5.75 Å². The molecule has 3 rings (SSSR count). The molecule has 0 saturated carbocycles. The zero-order valence-corrected chi connectivity index (χ0v) is 16.6. The topological polar surface area (TPSA) is 97.8 Å². The van der Waals surface area contributed by atoms with Crippen molar-refractivity contribution >= 4 is 12.1 Å². The van der Waals surface area contributed by atoms with Gasteiger partial charge >= 0.3 is 0 Å². The largest absolute Gasteiger partial charge is 0.496 e. The van der Waals surface area contributed by atoms with Crippen LogP contribution in [0.25, 0.3) is 11.3 Å². The van der Waals surface area contributed by atoms with Gasteiger partial charge in [-0.05, 0) is 6.92 Å². The monoisotopic (exact) mass is 394 g/mol. The first-order valence-corrected chi connectivity index (χ1v) is 8.81. The number of aromatic nitrogens is 2. The molecule has 2 N–H and O–H groups in total. The number of aromatic amines is 1. The summed E-state index contributed by atoms with van der Waals surface area (Å²) in [6.45, 7) is 2.02. The number of carbonyl (C=O) groups excluding carboxylic acids is 1. The molecule has 0 aliphatic carbocycles. The van der Waals surface area contributed by atoms with E-state index in [2.05, 4.69) is 20.7 Å². The van der Waals surface area contributed by atoms with Crippen LogP contribution in [0.15, 0.2) is 47.7 Å². The Morgan fingerprint density at radius 2 is 1.69 bits per heavy atom. The number of H-pyrrole nitrogens is 1. The van der Waals surface area contributed by atoms with Crippen molar-refractivity contribution in [3.63, 3.8) is 0 Å². The van der Waals surface area contributed by atoms with Gasteiger partial charge in [0, 0.05) is 23.3 Å². The minimum atomic E-state index is -0.445. The summed E-state index contributed by atoms with van der Waals surface area (Å²) in [7, 11) is 4.48. The van der Waals surface area contributed by atoms with Crippen molar-refractivity contribution in [1.82, 2.24) is 15.6 Å². The van der Waals surface area contributed by atoms with E-state index >= 15 is 0 Å². The van der Waals surface area contributed by atoms with Crippen molar-refractivity contribution in [2.24, 2.45) is 5.10 Å². The van der Waals surface area contributed by atoms with Gasteiger partial charge in [0.25, 0.3) is 5.91 Å². The molecular weight excluding hydrogens is 372 g/mol. The molecule has 0 atom stereocenters. The lowest BCUT2D eigenvalue weighted by molar-refractivity contribution is 0.0951. The van der Waals surface area contributed by atoms with Crippen LogP contribution in [-0.4, -0.2) is 43.6 Å². The molecule has 0 unspecified atom stereocenters. The average Bonchev–Trinajstić information content (AvgIpc) is 3.21. The molecule has 3 aromatic rings. The zero-order chi connectivity index (χ0) is 20.8. The van der Waals surface area contributed by atoms with E-state index in [9.17, 15) is 4.79 Å². The van der Waals surface area contributed by atoms with Crippen molar-refractivity contribution in [1.29, 1.82) is 0 Å². The van der Waals surface area contributed by atoms with Crippen LogP contribution in [0.3, 0.4) is 0 Å². The van der Waals surface area contributed by atoms with Gasteiger partial charge in [-0.25, -0.2) is 5.43 Å². The normalized spacial score (nSPS) is 10.8. The second kappa shape index (κ2) is 8.92. The Bertz CT molecular complexity index is 1030. The van der Waals surface area contributed by atoms with Crippen molar-refractivity contribution in [2.45, 2.75) is 6.92 Å². The number of amides is 1. The van der Waals surface area contributed by atoms with Crippen LogP contribution in [0, 0.1) is 6.92 Å². The van der Waals surface area contributed by atoms with Crippen LogP contribution in [0.2, 0.25) is 0 Å². The fraction of sp³-hybridized carbons (Fsp3) is 0.190. The maximum absolute atomic E-state index is 12.6. The number of carbonyl (C=O) groups is 1. The van der Waals surface area contributed by atoms with Crippen molar-refractivity contribution in [3.05, 3.63) is 59.3 Å². The number of hydrazone groups is 1. The fourth-order valence-electron chi connectivity index (χ4n) is 2.77. The number of nitrogens with zero attached hydrogens (tertiary/aromatic N) is 2. The SMILES string of the molecule is COc1cc(OC)c(C(=O)N/N=C\c2cn[nH]c2-c2ccc(C)cc2)cc1OC. The lowest BCUT2D eigenvalue weighted by Crippen LogP contribution is -2.18. The molecule has 0 aliphatic heterocycles. The van der Waals surface area contributed by atoms with Gasteiger partial charge in [0.05, 0.1) is 45.0 Å². The Labute approximate surface area is 168 Å². The van der Waals surface area contributed by atoms with E-state index in [0.717, 1.165) is 16.8 Å². The van der Waals surface area contributed by atoms with E-state index in [4.69, 9.17) is 14.2 Å². The Morgan fingerprint density at radius 3 is 2.34 bits per heavy atom. The molecule has 0 radical (unpaired) electrons. The van der Waals surface area contributed by atoms with Gasteiger partial charge < -0.3 is 14.2 Å². The molecule has 150 valence electrons. The van der Waals surface area contributed by atoms with Gasteiger partial charge in [-0.1, -0.05) is 29.8 Å². The molecule has 0 bridgehead atoms. The summed E-state index contributed by atoms with van der Waals surface area (Å²) in [5.41, 5.74) is 6.47. The quantitative estimate of drug-likeness (QED) is 0.474. The summed E-state index contributed by atoms with van der Waals surface area (Å²) < 4.78 is 15.8. The minimum Gasteiger partial charge on any atom is -0.496 e. The molecule has 0 spiro atoms. The Kier molecular flexibility index (Phi) is 6.13. The highest BCUT2D eigenvalue weighted by atomic mass is 16.5. The maximum atomic E-state index is 12.6. The number of benzene rings is 2. The number of rotatable bonds is 7. The van der Waals surface area contributed by atoms with Gasteiger partial charge in [-0.3, -0.25) is 9.89 Å². The van der Waals surface area contributed by atoms with E-state index in [1.807, 2.05) is 31.2 Å². The van der Waals surface area contributed by atoms with Crippen LogP contribution in [0.5, 0.6) is 17.2 Å². The lowest BCUT2D eigenvalue weighted by Gasteiger charge is -2.13. The second-order valence-electron chi connectivity index (χ2n) is 6.17. The van der Waals surface area contributed by atoms with E-state index in [1.54, 1.807) is 12.3 Å². The number of methoxy groups -OCH3 is 3. The number of hydrogen-bond donors (Lipinski definition) is 2. The van der Waals surface area contributed by atoms with Crippen LogP contribution in [0.4, 0.5) is 0 Å². The third kappa shape index (κ3) is 4.37. The molecule has 0 saturated heterocycles. The van der Waals surface area contributed by atoms with Crippen LogP contribution in [0.1, 0.15) is 21.5 Å². The first-order chi connectivity index (χ1) is 14.1. The third-order valence-electron chi connectivity index (χ3n) is 4.33. The summed E-state index contributed by atoms with van der Waals surface area (Å²) in [6.07, 6.45) is 3.17. The number of ether oxygens (including phenoxy) is 3. The Morgan fingerprint density at radius 1 is 1.03 bits per heavy atom. The van der Waals surface area contributed by atoms with Crippen molar-refractivity contribution < 1.29 is 19.0 Å². The highest BCUT2D eigenvalue weighted by molar-refractivity contribution is 5.98. The molecule has 29 heavy (non-hydrogen) atoms. The van der Waals surface area contributed by atoms with E-state index in [1.165, 1.54) is 39.2 Å². The molecule has 0 fully saturated rings. The molecule has 8 heteroatoms. The third-order valence-corrected chi connectivity index (χ3v) is 4.33. The highest BCUT2D eigenvalue weighted by Crippen LogP contribution is 2.34.